The lowest BCUT2D eigenvalue weighted by molar-refractivity contribution is -0.122. The number of nitrogens with one attached hydrogen (secondary N) is 2. The Morgan fingerprint density at radius 1 is 1.41 bits per heavy atom. The van der Waals surface area contributed by atoms with Gasteiger partial charge >= 0.3 is 0 Å². The fourth-order valence-corrected chi connectivity index (χ4v) is 2.61. The predicted molar refractivity (Wildman–Crippen MR) is 88.8 cm³/mol. The van der Waals surface area contributed by atoms with Gasteiger partial charge in [0.05, 0.1) is 6.54 Å². The van der Waals surface area contributed by atoms with Gasteiger partial charge < -0.3 is 10.6 Å². The molecule has 1 aliphatic rings. The quantitative estimate of drug-likeness (QED) is 0.866. The highest BCUT2D eigenvalue weighted by Gasteiger charge is 2.19. The summed E-state index contributed by atoms with van der Waals surface area (Å²) < 4.78 is 13.4. The molecule has 0 aliphatic carbocycles. The van der Waals surface area contributed by atoms with Crippen molar-refractivity contribution in [3.8, 4) is 0 Å². The molecule has 0 aromatic heterocycles. The maximum absolute atomic E-state index is 13.4. The van der Waals surface area contributed by atoms with Crippen molar-refractivity contribution in [3.05, 3.63) is 35.1 Å². The number of carbonyl (C=O) groups excluding carboxylic acids is 1. The molecule has 6 heteroatoms. The second kappa shape index (κ2) is 9.08. The molecule has 0 bridgehead atoms. The van der Waals surface area contributed by atoms with Crippen LogP contribution in [0.25, 0.3) is 0 Å². The van der Waals surface area contributed by atoms with E-state index in [9.17, 15) is 9.18 Å². The Hall–Kier alpha value is -1.17. The summed E-state index contributed by atoms with van der Waals surface area (Å²) in [6, 6.07) is 5.52. The molecule has 124 valence electrons. The number of piperidine rings is 1. The molecule has 1 heterocycles. The molecule has 0 unspecified atom stereocenters. The van der Waals surface area contributed by atoms with E-state index in [1.807, 2.05) is 13.1 Å². The van der Waals surface area contributed by atoms with Crippen LogP contribution in [0.2, 0.25) is 0 Å². The normalized spacial score (nSPS) is 15.5. The average Bonchev–Trinajstić information content (AvgIpc) is 2.49. The molecule has 1 amide bonds. The van der Waals surface area contributed by atoms with Gasteiger partial charge in [0.2, 0.25) is 5.91 Å². The molecule has 4 nitrogen and oxygen atoms in total. The number of hydrogen-bond donors (Lipinski definition) is 2. The zero-order chi connectivity index (χ0) is 15.2. The lowest BCUT2D eigenvalue weighted by atomic mass is 10.1. The van der Waals surface area contributed by atoms with Crippen molar-refractivity contribution in [1.82, 2.24) is 15.5 Å². The van der Waals surface area contributed by atoms with Gasteiger partial charge in [-0.1, -0.05) is 12.1 Å². The molecular formula is C16H25ClFN3O. The minimum Gasteiger partial charge on any atom is -0.351 e. The number of amides is 1. The van der Waals surface area contributed by atoms with E-state index in [4.69, 9.17) is 0 Å². The number of nitrogens with zero attached hydrogens (tertiary/aromatic N) is 1. The Labute approximate surface area is 137 Å². The van der Waals surface area contributed by atoms with Gasteiger partial charge in [-0.15, -0.1) is 12.4 Å². The van der Waals surface area contributed by atoms with Crippen LogP contribution in [0, 0.1) is 12.7 Å². The van der Waals surface area contributed by atoms with Crippen LogP contribution in [0.15, 0.2) is 18.2 Å². The molecule has 0 radical (unpaired) electrons. The van der Waals surface area contributed by atoms with Crippen LogP contribution >= 0.6 is 12.4 Å². The van der Waals surface area contributed by atoms with Crippen molar-refractivity contribution in [2.24, 2.45) is 0 Å². The van der Waals surface area contributed by atoms with Crippen LogP contribution in [0.3, 0.4) is 0 Å². The number of likely N-dealkylation sites (N-methyl/N-ethyl adjacent to an activating group) is 1. The van der Waals surface area contributed by atoms with Crippen LogP contribution in [0.1, 0.15) is 24.0 Å². The fraction of sp³-hybridized carbons (Fsp3) is 0.562. The van der Waals surface area contributed by atoms with Crippen molar-refractivity contribution in [2.75, 3.05) is 26.7 Å². The van der Waals surface area contributed by atoms with E-state index in [2.05, 4.69) is 15.5 Å². The van der Waals surface area contributed by atoms with E-state index in [1.54, 1.807) is 13.0 Å². The standard InChI is InChI=1S/C16H24FN3O.ClH/c1-12-3-4-13(9-15(12)17)10-19-16(21)11-20(2)14-5-7-18-8-6-14;/h3-4,9,14,18H,5-8,10-11H2,1-2H3,(H,19,21);1H. The average molecular weight is 330 g/mol. The van der Waals surface area contributed by atoms with E-state index in [-0.39, 0.29) is 24.1 Å². The van der Waals surface area contributed by atoms with Gasteiger partial charge in [0.1, 0.15) is 5.82 Å². The molecule has 2 rings (SSSR count). The number of rotatable bonds is 5. The summed E-state index contributed by atoms with van der Waals surface area (Å²) in [7, 11) is 1.99. The summed E-state index contributed by atoms with van der Waals surface area (Å²) in [4.78, 5) is 14.1. The summed E-state index contributed by atoms with van der Waals surface area (Å²) in [5.74, 6) is -0.245. The van der Waals surface area contributed by atoms with Crippen molar-refractivity contribution >= 4 is 18.3 Å². The van der Waals surface area contributed by atoms with Gasteiger partial charge in [0, 0.05) is 12.6 Å². The van der Waals surface area contributed by atoms with Crippen LogP contribution in [0.5, 0.6) is 0 Å². The van der Waals surface area contributed by atoms with Crippen molar-refractivity contribution in [3.63, 3.8) is 0 Å². The first-order valence-corrected chi connectivity index (χ1v) is 7.49. The predicted octanol–water partition coefficient (Wildman–Crippen LogP) is 1.86. The van der Waals surface area contributed by atoms with Gasteiger partial charge in [0.15, 0.2) is 0 Å². The summed E-state index contributed by atoms with van der Waals surface area (Å²) >= 11 is 0. The topological polar surface area (TPSA) is 44.4 Å². The molecule has 0 spiro atoms. The highest BCUT2D eigenvalue weighted by atomic mass is 35.5. The Morgan fingerprint density at radius 2 is 2.09 bits per heavy atom. The Balaban J connectivity index is 0.00000242. The second-order valence-electron chi connectivity index (χ2n) is 5.76. The van der Waals surface area contributed by atoms with E-state index < -0.39 is 0 Å². The summed E-state index contributed by atoms with van der Waals surface area (Å²) in [6.45, 7) is 4.51. The Kier molecular flexibility index (Phi) is 7.79. The number of benzene rings is 1. The Morgan fingerprint density at radius 3 is 2.73 bits per heavy atom. The highest BCUT2D eigenvalue weighted by Crippen LogP contribution is 2.10. The largest absolute Gasteiger partial charge is 0.351 e. The summed E-state index contributed by atoms with van der Waals surface area (Å²) in [5, 5.41) is 6.17. The minimum absolute atomic E-state index is 0. The van der Waals surface area contributed by atoms with Gasteiger partial charge in [-0.2, -0.15) is 0 Å². The third kappa shape index (κ3) is 5.55. The number of halogens is 2. The summed E-state index contributed by atoms with van der Waals surface area (Å²) in [5.41, 5.74) is 1.41. The zero-order valence-electron chi connectivity index (χ0n) is 13.2. The van der Waals surface area contributed by atoms with Gasteiger partial charge in [-0.3, -0.25) is 9.69 Å². The third-order valence-electron chi connectivity index (χ3n) is 4.05. The van der Waals surface area contributed by atoms with Gasteiger partial charge in [-0.25, -0.2) is 4.39 Å². The van der Waals surface area contributed by atoms with Crippen molar-refractivity contribution < 1.29 is 9.18 Å². The minimum atomic E-state index is -0.228. The van der Waals surface area contributed by atoms with Crippen LogP contribution < -0.4 is 10.6 Å². The second-order valence-corrected chi connectivity index (χ2v) is 5.76. The van der Waals surface area contributed by atoms with E-state index in [0.29, 0.717) is 24.7 Å². The number of carbonyl (C=O) groups is 1. The Bertz CT molecular complexity index is 492. The van der Waals surface area contributed by atoms with Crippen molar-refractivity contribution in [2.45, 2.75) is 32.4 Å². The number of aryl methyl sites for hydroxylation is 1. The third-order valence-corrected chi connectivity index (χ3v) is 4.05. The molecule has 1 saturated heterocycles. The number of hydrogen-bond acceptors (Lipinski definition) is 3. The smallest absolute Gasteiger partial charge is 0.234 e. The maximum Gasteiger partial charge on any atom is 0.234 e. The molecule has 1 aromatic carbocycles. The first-order chi connectivity index (χ1) is 10.1. The monoisotopic (exact) mass is 329 g/mol. The lowest BCUT2D eigenvalue weighted by Crippen LogP contribution is -2.45. The first kappa shape index (κ1) is 18.9. The first-order valence-electron chi connectivity index (χ1n) is 7.49. The van der Waals surface area contributed by atoms with E-state index in [0.717, 1.165) is 31.5 Å². The molecule has 2 N–H and O–H groups in total. The molecule has 0 atom stereocenters. The SMILES string of the molecule is Cc1ccc(CNC(=O)CN(C)C2CCNCC2)cc1F.Cl. The van der Waals surface area contributed by atoms with E-state index in [1.165, 1.54) is 6.07 Å². The van der Waals surface area contributed by atoms with Crippen LogP contribution in [-0.4, -0.2) is 43.5 Å². The fourth-order valence-electron chi connectivity index (χ4n) is 2.61. The molecule has 0 saturated carbocycles. The van der Waals surface area contributed by atoms with Crippen LogP contribution in [0.4, 0.5) is 4.39 Å². The molecule has 1 aromatic rings. The zero-order valence-corrected chi connectivity index (χ0v) is 14.0. The lowest BCUT2D eigenvalue weighted by Gasteiger charge is -2.31. The summed E-state index contributed by atoms with van der Waals surface area (Å²) in [6.07, 6.45) is 2.15. The molecule has 1 aliphatic heterocycles. The van der Waals surface area contributed by atoms with Gasteiger partial charge in [0.25, 0.3) is 0 Å². The highest BCUT2D eigenvalue weighted by molar-refractivity contribution is 5.85. The van der Waals surface area contributed by atoms with Crippen molar-refractivity contribution in [1.29, 1.82) is 0 Å². The van der Waals surface area contributed by atoms with E-state index >= 15 is 0 Å². The van der Waals surface area contributed by atoms with Crippen LogP contribution in [-0.2, 0) is 11.3 Å². The molecule has 1 fully saturated rings. The molecule has 22 heavy (non-hydrogen) atoms. The maximum atomic E-state index is 13.4. The van der Waals surface area contributed by atoms with Gasteiger partial charge in [-0.05, 0) is 57.1 Å². The molecular weight excluding hydrogens is 305 g/mol.